The summed E-state index contributed by atoms with van der Waals surface area (Å²) in [4.78, 5) is 0. The van der Waals surface area contributed by atoms with Crippen molar-refractivity contribution >= 4 is 37.1 Å². The number of benzene rings is 4. The largest absolute Gasteiger partial charge is 0.0980 e. The van der Waals surface area contributed by atoms with Crippen LogP contribution >= 0.6 is 15.8 Å². The molecule has 0 fully saturated rings. The molecule has 0 heterocycles. The Hall–Kier alpha value is -3.14. The Balaban J connectivity index is 1.28. The summed E-state index contributed by atoms with van der Waals surface area (Å²) in [7, 11) is -1.23. The van der Waals surface area contributed by atoms with Gasteiger partial charge in [0.1, 0.15) is 0 Å². The molecule has 35 heavy (non-hydrogen) atoms. The Morgan fingerprint density at radius 1 is 0.371 bits per heavy atom. The minimum Gasteiger partial charge on any atom is -0.0980 e. The molecule has 4 aromatic rings. The lowest BCUT2D eigenvalue weighted by atomic mass is 10.1. The third kappa shape index (κ3) is 7.95. The van der Waals surface area contributed by atoms with Crippen LogP contribution in [-0.2, 0) is 0 Å². The molecular formula is C33H30P2. The molecule has 0 saturated heterocycles. The first-order chi connectivity index (χ1) is 17.4. The lowest BCUT2D eigenvalue weighted by Crippen LogP contribution is -2.09. The fourth-order valence-electron chi connectivity index (χ4n) is 3.74. The molecule has 0 atom stereocenters. The first-order valence-electron chi connectivity index (χ1n) is 12.2. The van der Waals surface area contributed by atoms with Gasteiger partial charge >= 0.3 is 0 Å². The molecule has 4 aromatic carbocycles. The average molecular weight is 489 g/mol. The molecule has 0 aromatic heterocycles. The van der Waals surface area contributed by atoms with Gasteiger partial charge in [-0.2, -0.15) is 0 Å². The predicted molar refractivity (Wildman–Crippen MR) is 157 cm³/mol. The molecule has 0 nitrogen and oxygen atoms in total. The van der Waals surface area contributed by atoms with Crippen molar-refractivity contribution in [2.24, 2.45) is 0 Å². The Morgan fingerprint density at radius 3 is 0.943 bits per heavy atom. The van der Waals surface area contributed by atoms with Crippen LogP contribution in [0.3, 0.4) is 0 Å². The summed E-state index contributed by atoms with van der Waals surface area (Å²) in [5.74, 6) is 6.96. The highest BCUT2D eigenvalue weighted by atomic mass is 31.1. The average Bonchev–Trinajstić information content (AvgIpc) is 2.94. The summed E-state index contributed by atoms with van der Waals surface area (Å²) >= 11 is 0. The van der Waals surface area contributed by atoms with Gasteiger partial charge in [0.25, 0.3) is 0 Å². The molecule has 172 valence electrons. The van der Waals surface area contributed by atoms with Crippen LogP contribution in [-0.4, -0.2) is 0 Å². The van der Waals surface area contributed by atoms with Crippen LogP contribution in [0.2, 0.25) is 0 Å². The Bertz CT molecular complexity index is 1080. The molecule has 0 aliphatic heterocycles. The van der Waals surface area contributed by atoms with Crippen LogP contribution in [0.15, 0.2) is 121 Å². The van der Waals surface area contributed by atoms with E-state index in [2.05, 4.69) is 144 Å². The first kappa shape index (κ1) is 25.0. The molecule has 4 rings (SSSR count). The number of hydrogen-bond donors (Lipinski definition) is 0. The summed E-state index contributed by atoms with van der Waals surface area (Å²) < 4.78 is 0. The normalized spacial score (nSPS) is 10.3. The van der Waals surface area contributed by atoms with E-state index in [0.717, 1.165) is 25.7 Å². The predicted octanol–water partition coefficient (Wildman–Crippen LogP) is 7.12. The van der Waals surface area contributed by atoms with Gasteiger partial charge in [0, 0.05) is 28.7 Å². The van der Waals surface area contributed by atoms with E-state index in [1.807, 2.05) is 0 Å². The summed E-state index contributed by atoms with van der Waals surface area (Å²) in [6.07, 6.45) is 5.34. The van der Waals surface area contributed by atoms with E-state index in [1.165, 1.54) is 27.6 Å². The van der Waals surface area contributed by atoms with Crippen LogP contribution in [0.4, 0.5) is 0 Å². The summed E-state index contributed by atoms with van der Waals surface area (Å²) in [6, 6.07) is 42.8. The van der Waals surface area contributed by atoms with Crippen LogP contribution in [0, 0.1) is 23.2 Å². The van der Waals surface area contributed by atoms with Crippen molar-refractivity contribution in [1.82, 2.24) is 0 Å². The standard InChI is InChI=1S/C33H30P2/c1(2-4-18-28-34(30-20-10-6-11-21-30)31-22-12-7-13-23-31)3-5-19-29-35(32-24-14-8-15-25-32)33-26-16-9-17-27-33/h6-17,20-27H,1-5H2. The van der Waals surface area contributed by atoms with Crippen molar-refractivity contribution < 1.29 is 0 Å². The Morgan fingerprint density at radius 2 is 0.657 bits per heavy atom. The van der Waals surface area contributed by atoms with Crippen LogP contribution in [0.25, 0.3) is 0 Å². The van der Waals surface area contributed by atoms with E-state index in [-0.39, 0.29) is 0 Å². The van der Waals surface area contributed by atoms with Gasteiger partial charge in [-0.1, -0.05) is 151 Å². The Kier molecular flexibility index (Phi) is 10.2. The summed E-state index contributed by atoms with van der Waals surface area (Å²) in [6.45, 7) is 0. The highest BCUT2D eigenvalue weighted by Gasteiger charge is 2.11. The highest BCUT2D eigenvalue weighted by molar-refractivity contribution is 7.77. The van der Waals surface area contributed by atoms with Gasteiger partial charge < -0.3 is 0 Å². The highest BCUT2D eigenvalue weighted by Crippen LogP contribution is 2.32. The lowest BCUT2D eigenvalue weighted by Gasteiger charge is -2.11. The monoisotopic (exact) mass is 488 g/mol. The molecule has 0 aliphatic rings. The molecule has 0 spiro atoms. The third-order valence-corrected chi connectivity index (χ3v) is 9.56. The van der Waals surface area contributed by atoms with E-state index in [4.69, 9.17) is 0 Å². The maximum Gasteiger partial charge on any atom is 0.0344 e. The van der Waals surface area contributed by atoms with E-state index in [0.29, 0.717) is 0 Å². The smallest absolute Gasteiger partial charge is 0.0344 e. The van der Waals surface area contributed by atoms with Crippen molar-refractivity contribution in [2.75, 3.05) is 0 Å². The fourth-order valence-corrected chi connectivity index (χ4v) is 7.27. The summed E-state index contributed by atoms with van der Waals surface area (Å²) in [5, 5.41) is 5.30. The molecule has 0 radical (unpaired) electrons. The van der Waals surface area contributed by atoms with E-state index in [1.54, 1.807) is 0 Å². The summed E-state index contributed by atoms with van der Waals surface area (Å²) in [5.41, 5.74) is 7.19. The number of hydrogen-bond acceptors (Lipinski definition) is 0. The van der Waals surface area contributed by atoms with Crippen molar-refractivity contribution in [3.8, 4) is 23.2 Å². The van der Waals surface area contributed by atoms with Crippen molar-refractivity contribution in [1.29, 1.82) is 0 Å². The van der Waals surface area contributed by atoms with Gasteiger partial charge in [0.05, 0.1) is 0 Å². The fraction of sp³-hybridized carbons (Fsp3) is 0.152. The zero-order valence-corrected chi connectivity index (χ0v) is 21.8. The maximum atomic E-state index is 3.60. The topological polar surface area (TPSA) is 0 Å². The van der Waals surface area contributed by atoms with Crippen molar-refractivity contribution in [2.45, 2.75) is 32.1 Å². The molecule has 0 N–H and O–H groups in total. The van der Waals surface area contributed by atoms with Crippen LogP contribution in [0.5, 0.6) is 0 Å². The third-order valence-electron chi connectivity index (χ3n) is 5.54. The molecule has 0 saturated carbocycles. The molecule has 2 heteroatoms. The second kappa shape index (κ2) is 14.3. The molecule has 0 amide bonds. The zero-order chi connectivity index (χ0) is 24.0. The van der Waals surface area contributed by atoms with E-state index >= 15 is 0 Å². The SMILES string of the molecule is C(#CP(c1ccccc1)c1ccccc1)CCCCCC#CP(c1ccccc1)c1ccccc1. The minimum atomic E-state index is -0.614. The van der Waals surface area contributed by atoms with Gasteiger partial charge in [-0.15, -0.1) is 0 Å². The van der Waals surface area contributed by atoms with Crippen LogP contribution < -0.4 is 21.2 Å². The van der Waals surface area contributed by atoms with Gasteiger partial charge in [-0.3, -0.25) is 0 Å². The van der Waals surface area contributed by atoms with Crippen molar-refractivity contribution in [3.05, 3.63) is 121 Å². The second-order valence-electron chi connectivity index (χ2n) is 8.15. The molecule has 0 aliphatic carbocycles. The lowest BCUT2D eigenvalue weighted by molar-refractivity contribution is 0.709. The van der Waals surface area contributed by atoms with E-state index < -0.39 is 15.8 Å². The van der Waals surface area contributed by atoms with Gasteiger partial charge in [-0.05, 0) is 34.1 Å². The molecule has 0 bridgehead atoms. The van der Waals surface area contributed by atoms with Gasteiger partial charge in [0.15, 0.2) is 0 Å². The Labute approximate surface area is 213 Å². The van der Waals surface area contributed by atoms with E-state index in [9.17, 15) is 0 Å². The second-order valence-corrected chi connectivity index (χ2v) is 12.0. The quantitative estimate of drug-likeness (QED) is 0.141. The molecule has 0 unspecified atom stereocenters. The maximum absolute atomic E-state index is 3.60. The number of rotatable bonds is 8. The van der Waals surface area contributed by atoms with Gasteiger partial charge in [-0.25, -0.2) is 0 Å². The minimum absolute atomic E-state index is 0.614. The van der Waals surface area contributed by atoms with Crippen molar-refractivity contribution in [3.63, 3.8) is 0 Å². The van der Waals surface area contributed by atoms with Crippen LogP contribution in [0.1, 0.15) is 32.1 Å². The zero-order valence-electron chi connectivity index (χ0n) is 20.0. The first-order valence-corrected chi connectivity index (χ1v) is 14.9. The van der Waals surface area contributed by atoms with Gasteiger partial charge in [0.2, 0.25) is 0 Å². The molecular weight excluding hydrogens is 458 g/mol. The number of unbranched alkanes of at least 4 members (excludes halogenated alkanes) is 4.